The molecule has 1 rings (SSSR count). The Bertz CT molecular complexity index is 1070. The molecular formula is C31H49NO11. The van der Waals surface area contributed by atoms with Crippen molar-refractivity contribution in [3.8, 4) is 11.5 Å². The third-order valence-electron chi connectivity index (χ3n) is 7.04. The third-order valence-corrected chi connectivity index (χ3v) is 7.04. The molecule has 3 N–H and O–H groups in total. The van der Waals surface area contributed by atoms with Crippen molar-refractivity contribution >= 4 is 24.4 Å². The van der Waals surface area contributed by atoms with Gasteiger partial charge in [-0.2, -0.15) is 0 Å². The van der Waals surface area contributed by atoms with E-state index in [4.69, 9.17) is 34.2 Å². The molecule has 12 heteroatoms. The maximum absolute atomic E-state index is 12.5. The van der Waals surface area contributed by atoms with E-state index in [1.165, 1.54) is 18.2 Å². The highest BCUT2D eigenvalue weighted by Crippen LogP contribution is 2.37. The van der Waals surface area contributed by atoms with E-state index in [2.05, 4.69) is 0 Å². The van der Waals surface area contributed by atoms with E-state index in [9.17, 15) is 24.3 Å². The number of rotatable bonds is 16. The molecule has 12 nitrogen and oxygen atoms in total. The predicted molar refractivity (Wildman–Crippen MR) is 158 cm³/mol. The van der Waals surface area contributed by atoms with E-state index in [1.807, 2.05) is 34.6 Å². The molecule has 244 valence electrons. The molecule has 0 aliphatic heterocycles. The molecule has 0 fully saturated rings. The van der Waals surface area contributed by atoms with Gasteiger partial charge in [0.2, 0.25) is 0 Å². The zero-order chi connectivity index (χ0) is 32.9. The molecule has 0 radical (unpaired) electrons. The Morgan fingerprint density at radius 2 is 1.35 bits per heavy atom. The van der Waals surface area contributed by atoms with Gasteiger partial charge in [-0.1, -0.05) is 47.6 Å². The van der Waals surface area contributed by atoms with Crippen LogP contribution in [-0.4, -0.2) is 60.5 Å². The highest BCUT2D eigenvalue weighted by atomic mass is 16.7. The summed E-state index contributed by atoms with van der Waals surface area (Å²) in [5.41, 5.74) is 5.69. The molecule has 0 bridgehead atoms. The van der Waals surface area contributed by atoms with Crippen molar-refractivity contribution in [2.45, 2.75) is 105 Å². The molecule has 1 aromatic carbocycles. The van der Waals surface area contributed by atoms with Crippen LogP contribution >= 0.6 is 0 Å². The molecule has 3 unspecified atom stereocenters. The van der Waals surface area contributed by atoms with Gasteiger partial charge in [0.15, 0.2) is 11.5 Å². The largest absolute Gasteiger partial charge is 0.513 e. The number of hydrogen-bond acceptors (Lipinski definition) is 11. The number of benzene rings is 1. The van der Waals surface area contributed by atoms with Crippen molar-refractivity contribution in [2.24, 2.45) is 23.5 Å². The Labute approximate surface area is 254 Å². The summed E-state index contributed by atoms with van der Waals surface area (Å²) in [5, 5.41) is 9.81. The molecule has 4 atom stereocenters. The molecule has 0 amide bonds. The maximum Gasteiger partial charge on any atom is 0.513 e. The van der Waals surface area contributed by atoms with Crippen molar-refractivity contribution in [1.29, 1.82) is 0 Å². The van der Waals surface area contributed by atoms with Gasteiger partial charge in [0.25, 0.3) is 0 Å². The predicted octanol–water partition coefficient (Wildman–Crippen LogP) is 6.67. The molecule has 0 aliphatic rings. The van der Waals surface area contributed by atoms with Crippen LogP contribution in [0.3, 0.4) is 0 Å². The van der Waals surface area contributed by atoms with Crippen molar-refractivity contribution < 1.29 is 52.7 Å². The maximum atomic E-state index is 12.5. The molecule has 1 aromatic rings. The smallest absolute Gasteiger partial charge is 0.480 e. The fourth-order valence-electron chi connectivity index (χ4n) is 3.75. The zero-order valence-electron chi connectivity index (χ0n) is 26.8. The van der Waals surface area contributed by atoms with Crippen LogP contribution in [0.2, 0.25) is 0 Å². The Hall–Kier alpha value is -3.54. The van der Waals surface area contributed by atoms with E-state index in [1.54, 1.807) is 27.7 Å². The van der Waals surface area contributed by atoms with Gasteiger partial charge < -0.3 is 39.3 Å². The highest BCUT2D eigenvalue weighted by Gasteiger charge is 2.36. The summed E-state index contributed by atoms with van der Waals surface area (Å²) in [7, 11) is 0. The fraction of sp³-hybridized carbons (Fsp3) is 0.677. The number of ether oxygens (including phenoxy) is 6. The molecule has 0 saturated carbocycles. The first-order valence-electron chi connectivity index (χ1n) is 14.7. The van der Waals surface area contributed by atoms with Crippen molar-refractivity contribution in [1.82, 2.24) is 0 Å². The summed E-state index contributed by atoms with van der Waals surface area (Å²) in [4.78, 5) is 49.3. The van der Waals surface area contributed by atoms with Gasteiger partial charge in [-0.25, -0.2) is 14.4 Å². The lowest BCUT2D eigenvalue weighted by Crippen LogP contribution is -2.43. The van der Waals surface area contributed by atoms with Crippen molar-refractivity contribution in [3.05, 3.63) is 23.8 Å². The SMILES string of the molecule is CCC(C)(C)OC(=O)OC(C)C(C)C(c1ccc(OC(=O)OCCC(C)C)c(OC(=O)OCCC(C)C)c1)[C@H](N)C(=O)O. The number of hydrogen-bond donors (Lipinski definition) is 2. The standard InChI is InChI=1S/C31H49NO11/c1-10-31(8,9)43-30(37)40-21(7)20(6)25(26(32)27(33)34)22-11-12-23(41-28(35)38-15-13-18(2)3)24(17-22)42-29(36)39-16-14-19(4)5/h11-12,17-21,25-26H,10,13-16,32H2,1-9H3,(H,33,34)/t20?,21?,25?,26-/m0/s1. The Morgan fingerprint density at radius 1 is 0.837 bits per heavy atom. The molecule has 0 aliphatic carbocycles. The first-order valence-corrected chi connectivity index (χ1v) is 14.7. The zero-order valence-corrected chi connectivity index (χ0v) is 26.8. The number of carbonyl (C=O) groups is 4. The van der Waals surface area contributed by atoms with Gasteiger partial charge >= 0.3 is 24.4 Å². The van der Waals surface area contributed by atoms with Gasteiger partial charge in [0.1, 0.15) is 17.7 Å². The monoisotopic (exact) mass is 611 g/mol. The van der Waals surface area contributed by atoms with Crippen LogP contribution in [0, 0.1) is 17.8 Å². The number of aliphatic carboxylic acids is 1. The van der Waals surface area contributed by atoms with E-state index >= 15 is 0 Å². The average molecular weight is 612 g/mol. The lowest BCUT2D eigenvalue weighted by molar-refractivity contribution is -0.139. The number of carboxylic acids is 1. The minimum Gasteiger partial charge on any atom is -0.480 e. The minimum atomic E-state index is -1.44. The summed E-state index contributed by atoms with van der Waals surface area (Å²) < 4.78 is 31.8. The lowest BCUT2D eigenvalue weighted by Gasteiger charge is -2.32. The lowest BCUT2D eigenvalue weighted by atomic mass is 9.79. The van der Waals surface area contributed by atoms with Gasteiger partial charge in [-0.15, -0.1) is 0 Å². The number of nitrogens with two attached hydrogens (primary N) is 1. The van der Waals surface area contributed by atoms with Gasteiger partial charge in [0.05, 0.1) is 13.2 Å². The van der Waals surface area contributed by atoms with E-state index in [0.29, 0.717) is 30.7 Å². The topological polar surface area (TPSA) is 170 Å². The van der Waals surface area contributed by atoms with E-state index in [-0.39, 0.29) is 30.6 Å². The molecule has 0 spiro atoms. The van der Waals surface area contributed by atoms with Crippen LogP contribution in [0.4, 0.5) is 14.4 Å². The van der Waals surface area contributed by atoms with Gasteiger partial charge in [-0.05, 0) is 69.6 Å². The Balaban J connectivity index is 3.37. The second kappa shape index (κ2) is 17.5. The van der Waals surface area contributed by atoms with Crippen LogP contribution in [0.25, 0.3) is 0 Å². The minimum absolute atomic E-state index is 0.104. The van der Waals surface area contributed by atoms with Crippen LogP contribution < -0.4 is 15.2 Å². The normalized spacial score (nSPS) is 14.3. The second-order valence-corrected chi connectivity index (χ2v) is 12.0. The molecular weight excluding hydrogens is 562 g/mol. The quantitative estimate of drug-likeness (QED) is 0.116. The van der Waals surface area contributed by atoms with Crippen LogP contribution in [0.15, 0.2) is 18.2 Å². The van der Waals surface area contributed by atoms with Crippen LogP contribution in [0.1, 0.15) is 93.1 Å². The fourth-order valence-corrected chi connectivity index (χ4v) is 3.75. The first-order chi connectivity index (χ1) is 20.0. The second-order valence-electron chi connectivity index (χ2n) is 12.0. The summed E-state index contributed by atoms with van der Waals surface area (Å²) in [6.45, 7) is 16.7. The summed E-state index contributed by atoms with van der Waals surface area (Å²) >= 11 is 0. The van der Waals surface area contributed by atoms with Gasteiger partial charge in [-0.3, -0.25) is 4.79 Å². The van der Waals surface area contributed by atoms with Crippen molar-refractivity contribution in [3.63, 3.8) is 0 Å². The highest BCUT2D eigenvalue weighted by molar-refractivity contribution is 5.75. The van der Waals surface area contributed by atoms with E-state index in [0.717, 1.165) is 0 Å². The molecule has 0 aromatic heterocycles. The summed E-state index contributed by atoms with van der Waals surface area (Å²) in [6.07, 6.45) is -2.00. The summed E-state index contributed by atoms with van der Waals surface area (Å²) in [5.74, 6) is -2.67. The molecule has 0 saturated heterocycles. The summed E-state index contributed by atoms with van der Waals surface area (Å²) in [6, 6.07) is 2.73. The Morgan fingerprint density at radius 3 is 1.81 bits per heavy atom. The van der Waals surface area contributed by atoms with Crippen LogP contribution in [-0.2, 0) is 23.7 Å². The molecule has 43 heavy (non-hydrogen) atoms. The first kappa shape index (κ1) is 37.5. The third kappa shape index (κ3) is 13.5. The van der Waals surface area contributed by atoms with E-state index < -0.39 is 54.0 Å². The average Bonchev–Trinajstić information content (AvgIpc) is 2.89. The van der Waals surface area contributed by atoms with Crippen LogP contribution in [0.5, 0.6) is 11.5 Å². The van der Waals surface area contributed by atoms with Gasteiger partial charge in [0, 0.05) is 11.8 Å². The Kier molecular flexibility index (Phi) is 15.3. The number of carbonyl (C=O) groups excluding carboxylic acids is 3. The van der Waals surface area contributed by atoms with Crippen molar-refractivity contribution in [2.75, 3.05) is 13.2 Å². The number of carboxylic acid groups (broad SMARTS) is 1. The molecule has 0 heterocycles.